The van der Waals surface area contributed by atoms with Crippen LogP contribution in [0.15, 0.2) is 30.7 Å². The third-order valence-electron chi connectivity index (χ3n) is 6.31. The third-order valence-corrected chi connectivity index (χ3v) is 6.31. The van der Waals surface area contributed by atoms with Gasteiger partial charge in [0.15, 0.2) is 11.5 Å². The van der Waals surface area contributed by atoms with E-state index in [2.05, 4.69) is 47.9 Å². The Morgan fingerprint density at radius 2 is 1.93 bits per heavy atom. The van der Waals surface area contributed by atoms with Crippen molar-refractivity contribution in [2.45, 2.75) is 19.8 Å². The van der Waals surface area contributed by atoms with E-state index in [4.69, 9.17) is 5.26 Å². The van der Waals surface area contributed by atoms with Crippen LogP contribution in [-0.4, -0.2) is 51.3 Å². The van der Waals surface area contributed by atoms with Crippen molar-refractivity contribution in [1.82, 2.24) is 25.1 Å². The lowest BCUT2D eigenvalue weighted by atomic mass is 9.68. The van der Waals surface area contributed by atoms with Crippen LogP contribution >= 0.6 is 0 Å². The second-order valence-corrected chi connectivity index (χ2v) is 8.10. The summed E-state index contributed by atoms with van der Waals surface area (Å²) in [7, 11) is 0. The van der Waals surface area contributed by atoms with E-state index < -0.39 is 0 Å². The van der Waals surface area contributed by atoms with E-state index in [1.54, 1.807) is 12.4 Å². The van der Waals surface area contributed by atoms with Crippen LogP contribution in [0.25, 0.3) is 11.0 Å². The molecular formula is C20H22N8. The Morgan fingerprint density at radius 1 is 1.11 bits per heavy atom. The quantitative estimate of drug-likeness (QED) is 0.735. The van der Waals surface area contributed by atoms with Crippen molar-refractivity contribution in [2.24, 2.45) is 11.3 Å². The topological polar surface area (TPSA) is 97.6 Å². The molecule has 0 amide bonds. The molecule has 5 heterocycles. The van der Waals surface area contributed by atoms with Gasteiger partial charge in [-0.05, 0) is 37.0 Å². The first-order chi connectivity index (χ1) is 13.7. The van der Waals surface area contributed by atoms with Crippen molar-refractivity contribution < 1.29 is 0 Å². The predicted octanol–water partition coefficient (Wildman–Crippen LogP) is 2.36. The zero-order chi connectivity index (χ0) is 19.1. The van der Waals surface area contributed by atoms with Crippen molar-refractivity contribution in [3.05, 3.63) is 36.4 Å². The normalized spacial score (nSPS) is 24.8. The van der Waals surface area contributed by atoms with Crippen molar-refractivity contribution in [3.63, 3.8) is 0 Å². The molecule has 0 radical (unpaired) electrons. The molecule has 2 aliphatic heterocycles. The van der Waals surface area contributed by atoms with Crippen LogP contribution in [0.4, 0.5) is 11.6 Å². The first kappa shape index (κ1) is 16.9. The molecule has 2 saturated heterocycles. The maximum absolute atomic E-state index is 8.95. The first-order valence-corrected chi connectivity index (χ1v) is 9.68. The summed E-state index contributed by atoms with van der Waals surface area (Å²) in [6.45, 7) is 6.26. The number of nitrogens with zero attached hydrogens (tertiary/aromatic N) is 7. The summed E-state index contributed by atoms with van der Waals surface area (Å²) in [6, 6.07) is 7.74. The molecule has 28 heavy (non-hydrogen) atoms. The van der Waals surface area contributed by atoms with Crippen molar-refractivity contribution in [1.29, 1.82) is 5.26 Å². The van der Waals surface area contributed by atoms with Crippen molar-refractivity contribution in [3.8, 4) is 6.07 Å². The van der Waals surface area contributed by atoms with E-state index in [0.717, 1.165) is 55.3 Å². The largest absolute Gasteiger partial charge is 0.355 e. The van der Waals surface area contributed by atoms with E-state index in [1.165, 1.54) is 6.42 Å². The van der Waals surface area contributed by atoms with Crippen molar-refractivity contribution in [2.75, 3.05) is 36.0 Å². The van der Waals surface area contributed by atoms with Crippen LogP contribution in [0.1, 0.15) is 25.5 Å². The van der Waals surface area contributed by atoms with E-state index in [1.807, 2.05) is 18.3 Å². The van der Waals surface area contributed by atoms with Gasteiger partial charge in [0, 0.05) is 37.8 Å². The molecule has 1 N–H and O–H groups in total. The summed E-state index contributed by atoms with van der Waals surface area (Å²) in [5, 5.41) is 18.3. The molecule has 2 atom stereocenters. The monoisotopic (exact) mass is 374 g/mol. The molecule has 3 aromatic rings. The molecule has 3 aromatic heterocycles. The number of fused-ring (bicyclic) bond motifs is 2. The highest BCUT2D eigenvalue weighted by molar-refractivity contribution is 5.87. The summed E-state index contributed by atoms with van der Waals surface area (Å²) in [4.78, 5) is 16.8. The van der Waals surface area contributed by atoms with Gasteiger partial charge >= 0.3 is 0 Å². The number of piperidine rings is 2. The molecule has 8 nitrogen and oxygen atoms in total. The predicted molar refractivity (Wildman–Crippen MR) is 106 cm³/mol. The molecule has 2 fully saturated rings. The number of anilines is 2. The molecule has 0 aliphatic carbocycles. The van der Waals surface area contributed by atoms with Gasteiger partial charge in [0.05, 0.1) is 5.39 Å². The van der Waals surface area contributed by atoms with E-state index in [-0.39, 0.29) is 5.41 Å². The Balaban J connectivity index is 1.40. The average Bonchev–Trinajstić information content (AvgIpc) is 3.21. The van der Waals surface area contributed by atoms with Gasteiger partial charge in [-0.3, -0.25) is 0 Å². The highest BCUT2D eigenvalue weighted by atomic mass is 15.3. The molecule has 0 unspecified atom stereocenters. The second kappa shape index (κ2) is 6.44. The molecule has 142 valence electrons. The minimum Gasteiger partial charge on any atom is -0.355 e. The SMILES string of the molecule is C[C@]12CN(c3ccc(C#N)nn3)CC[C@H]1CCN(c1ncnc3[nH]ccc13)C2. The zero-order valence-corrected chi connectivity index (χ0v) is 15.8. The number of H-pyrrole nitrogens is 1. The highest BCUT2D eigenvalue weighted by Gasteiger charge is 2.44. The summed E-state index contributed by atoms with van der Waals surface area (Å²) in [5.74, 6) is 2.56. The highest BCUT2D eigenvalue weighted by Crippen LogP contribution is 2.43. The Labute approximate surface area is 163 Å². The fourth-order valence-electron chi connectivity index (χ4n) is 4.84. The maximum atomic E-state index is 8.95. The molecule has 5 rings (SSSR count). The number of hydrogen-bond donors (Lipinski definition) is 1. The van der Waals surface area contributed by atoms with Gasteiger partial charge in [0.25, 0.3) is 0 Å². The van der Waals surface area contributed by atoms with E-state index in [9.17, 15) is 0 Å². The fraction of sp³-hybridized carbons (Fsp3) is 0.450. The second-order valence-electron chi connectivity index (χ2n) is 8.10. The number of nitriles is 1. The summed E-state index contributed by atoms with van der Waals surface area (Å²) >= 11 is 0. The van der Waals surface area contributed by atoms with Gasteiger partial charge in [-0.2, -0.15) is 5.26 Å². The van der Waals surface area contributed by atoms with Crippen LogP contribution in [0, 0.1) is 22.7 Å². The Kier molecular flexibility index (Phi) is 3.90. The first-order valence-electron chi connectivity index (χ1n) is 9.68. The molecule has 0 spiro atoms. The Morgan fingerprint density at radius 3 is 2.71 bits per heavy atom. The van der Waals surface area contributed by atoms with E-state index >= 15 is 0 Å². The zero-order valence-electron chi connectivity index (χ0n) is 15.8. The molecular weight excluding hydrogens is 352 g/mol. The van der Waals surface area contributed by atoms with Gasteiger partial charge in [-0.1, -0.05) is 6.92 Å². The Hall–Kier alpha value is -3.21. The van der Waals surface area contributed by atoms with E-state index in [0.29, 0.717) is 11.6 Å². The molecule has 8 heteroatoms. The maximum Gasteiger partial charge on any atom is 0.163 e. The van der Waals surface area contributed by atoms with Gasteiger partial charge in [0.2, 0.25) is 0 Å². The lowest BCUT2D eigenvalue weighted by molar-refractivity contribution is 0.125. The molecule has 0 saturated carbocycles. The minimum absolute atomic E-state index is 0.139. The Bertz CT molecular complexity index is 1040. The standard InChI is InChI=1S/C20H22N8/c1-20-11-27(17-3-2-15(10-21)25-26-17)8-5-14(20)6-9-28(12-20)19-16-4-7-22-18(16)23-13-24-19/h2-4,7,13-14H,5-6,8-9,11-12H2,1H3,(H,22,23,24)/t14-,20+/m0/s1. The van der Waals surface area contributed by atoms with Gasteiger partial charge in [0.1, 0.15) is 23.9 Å². The summed E-state index contributed by atoms with van der Waals surface area (Å²) in [6.07, 6.45) is 5.87. The number of aromatic nitrogens is 5. The van der Waals surface area contributed by atoms with Crippen LogP contribution < -0.4 is 9.80 Å². The molecule has 0 aromatic carbocycles. The van der Waals surface area contributed by atoms with Gasteiger partial charge in [-0.15, -0.1) is 10.2 Å². The summed E-state index contributed by atoms with van der Waals surface area (Å²) < 4.78 is 0. The minimum atomic E-state index is 0.139. The van der Waals surface area contributed by atoms with Crippen LogP contribution in [-0.2, 0) is 0 Å². The van der Waals surface area contributed by atoms with Gasteiger partial charge < -0.3 is 14.8 Å². The smallest absolute Gasteiger partial charge is 0.163 e. The number of hydrogen-bond acceptors (Lipinski definition) is 7. The number of aromatic amines is 1. The lowest BCUT2D eigenvalue weighted by Gasteiger charge is -2.52. The average molecular weight is 374 g/mol. The van der Waals surface area contributed by atoms with Gasteiger partial charge in [-0.25, -0.2) is 9.97 Å². The number of rotatable bonds is 2. The number of nitrogens with one attached hydrogen (secondary N) is 1. The summed E-state index contributed by atoms with van der Waals surface area (Å²) in [5.41, 5.74) is 1.38. The van der Waals surface area contributed by atoms with Crippen LogP contribution in [0.2, 0.25) is 0 Å². The van der Waals surface area contributed by atoms with Crippen molar-refractivity contribution >= 4 is 22.7 Å². The lowest BCUT2D eigenvalue weighted by Crippen LogP contribution is -2.57. The van der Waals surface area contributed by atoms with Crippen LogP contribution in [0.3, 0.4) is 0 Å². The molecule has 2 aliphatic rings. The molecule has 0 bridgehead atoms. The fourth-order valence-corrected chi connectivity index (χ4v) is 4.84. The third kappa shape index (κ3) is 2.74. The van der Waals surface area contributed by atoms with Crippen LogP contribution in [0.5, 0.6) is 0 Å².